The van der Waals surface area contributed by atoms with Crippen molar-refractivity contribution in [2.75, 3.05) is 43.4 Å². The van der Waals surface area contributed by atoms with Gasteiger partial charge >= 0.3 is 11.8 Å². The van der Waals surface area contributed by atoms with Crippen LogP contribution in [0.1, 0.15) is 13.8 Å². The molecule has 2 amide bonds. The van der Waals surface area contributed by atoms with Crippen molar-refractivity contribution >= 4 is 23.2 Å². The first-order chi connectivity index (χ1) is 10.5. The van der Waals surface area contributed by atoms with Crippen molar-refractivity contribution < 1.29 is 9.59 Å². The third-order valence-electron chi connectivity index (χ3n) is 3.62. The molecule has 0 radical (unpaired) electrons. The Morgan fingerprint density at radius 3 is 2.14 bits per heavy atom. The number of anilines is 2. The van der Waals surface area contributed by atoms with Crippen molar-refractivity contribution in [3.8, 4) is 0 Å². The Bertz CT molecular complexity index is 519. The van der Waals surface area contributed by atoms with Crippen LogP contribution in [0.25, 0.3) is 0 Å². The van der Waals surface area contributed by atoms with E-state index in [2.05, 4.69) is 27.5 Å². The predicted octanol–water partition coefficient (Wildman–Crippen LogP) is 0.901. The van der Waals surface area contributed by atoms with Crippen LogP contribution in [0.15, 0.2) is 24.3 Å². The summed E-state index contributed by atoms with van der Waals surface area (Å²) in [6.45, 7) is 7.73. The van der Waals surface area contributed by atoms with Crippen molar-refractivity contribution in [2.45, 2.75) is 19.9 Å². The van der Waals surface area contributed by atoms with Crippen molar-refractivity contribution in [3.63, 3.8) is 0 Å². The topological polar surface area (TPSA) is 64.7 Å². The van der Waals surface area contributed by atoms with E-state index in [-0.39, 0.29) is 6.04 Å². The Morgan fingerprint density at radius 1 is 1.00 bits per heavy atom. The van der Waals surface area contributed by atoms with E-state index in [1.165, 1.54) is 0 Å². The van der Waals surface area contributed by atoms with Crippen LogP contribution in [0.5, 0.6) is 0 Å². The number of benzene rings is 1. The SMILES string of the molecule is CC(C)NC(=O)C(=O)Nc1ccc(N2CCN(C)CC2)cc1. The van der Waals surface area contributed by atoms with Crippen LogP contribution in [-0.4, -0.2) is 56.0 Å². The van der Waals surface area contributed by atoms with Crippen molar-refractivity contribution in [1.29, 1.82) is 0 Å². The zero-order chi connectivity index (χ0) is 16.1. The molecule has 0 aliphatic carbocycles. The molecule has 1 fully saturated rings. The first-order valence-electron chi connectivity index (χ1n) is 7.61. The van der Waals surface area contributed by atoms with Gasteiger partial charge in [-0.05, 0) is 45.2 Å². The Hall–Kier alpha value is -2.08. The van der Waals surface area contributed by atoms with Crippen molar-refractivity contribution in [2.24, 2.45) is 0 Å². The maximum absolute atomic E-state index is 11.7. The standard InChI is InChI=1S/C16H24N4O2/c1-12(2)17-15(21)16(22)18-13-4-6-14(7-5-13)20-10-8-19(3)9-11-20/h4-7,12H,8-11H2,1-3H3,(H,17,21)(H,18,22). The number of hydrogen-bond donors (Lipinski definition) is 2. The minimum Gasteiger partial charge on any atom is -0.369 e. The van der Waals surface area contributed by atoms with E-state index in [1.807, 2.05) is 38.1 Å². The number of carbonyl (C=O) groups is 2. The van der Waals surface area contributed by atoms with Crippen LogP contribution >= 0.6 is 0 Å². The molecule has 22 heavy (non-hydrogen) atoms. The Kier molecular flexibility index (Phi) is 5.38. The molecule has 0 spiro atoms. The summed E-state index contributed by atoms with van der Waals surface area (Å²) in [7, 11) is 2.12. The van der Waals surface area contributed by atoms with Crippen molar-refractivity contribution in [1.82, 2.24) is 10.2 Å². The van der Waals surface area contributed by atoms with Crippen LogP contribution in [0.2, 0.25) is 0 Å². The fourth-order valence-electron chi connectivity index (χ4n) is 2.34. The molecule has 1 aromatic rings. The number of nitrogens with zero attached hydrogens (tertiary/aromatic N) is 2. The molecular weight excluding hydrogens is 280 g/mol. The Morgan fingerprint density at radius 2 is 1.59 bits per heavy atom. The maximum Gasteiger partial charge on any atom is 0.313 e. The third kappa shape index (κ3) is 4.46. The summed E-state index contributed by atoms with van der Waals surface area (Å²) in [5.74, 6) is -1.25. The van der Waals surface area contributed by atoms with Gasteiger partial charge in [0.15, 0.2) is 0 Å². The number of piperazine rings is 1. The monoisotopic (exact) mass is 304 g/mol. The smallest absolute Gasteiger partial charge is 0.313 e. The predicted molar refractivity (Wildman–Crippen MR) is 88.1 cm³/mol. The highest BCUT2D eigenvalue weighted by Crippen LogP contribution is 2.19. The van der Waals surface area contributed by atoms with Gasteiger partial charge in [0, 0.05) is 43.6 Å². The summed E-state index contributed by atoms with van der Waals surface area (Å²) in [4.78, 5) is 27.9. The summed E-state index contributed by atoms with van der Waals surface area (Å²) in [5.41, 5.74) is 1.76. The average molecular weight is 304 g/mol. The molecule has 1 aromatic carbocycles. The summed E-state index contributed by atoms with van der Waals surface area (Å²) in [6.07, 6.45) is 0. The molecule has 6 heteroatoms. The first kappa shape index (κ1) is 16.3. The van der Waals surface area contributed by atoms with E-state index < -0.39 is 11.8 Å². The van der Waals surface area contributed by atoms with Gasteiger partial charge in [-0.2, -0.15) is 0 Å². The number of carbonyl (C=O) groups excluding carboxylic acids is 2. The molecule has 6 nitrogen and oxygen atoms in total. The second-order valence-electron chi connectivity index (χ2n) is 5.92. The van der Waals surface area contributed by atoms with Gasteiger partial charge in [0.2, 0.25) is 0 Å². The Labute approximate surface area is 131 Å². The summed E-state index contributed by atoms with van der Waals surface area (Å²) in [6, 6.07) is 7.54. The van der Waals surface area contributed by atoms with Gasteiger partial charge in [-0.25, -0.2) is 0 Å². The van der Waals surface area contributed by atoms with E-state index in [4.69, 9.17) is 0 Å². The van der Waals surface area contributed by atoms with Gasteiger partial charge in [0.1, 0.15) is 0 Å². The lowest BCUT2D eigenvalue weighted by Gasteiger charge is -2.34. The quantitative estimate of drug-likeness (QED) is 0.815. The molecule has 120 valence electrons. The molecular formula is C16H24N4O2. The lowest BCUT2D eigenvalue weighted by molar-refractivity contribution is -0.136. The zero-order valence-corrected chi connectivity index (χ0v) is 13.4. The molecule has 0 aromatic heterocycles. The zero-order valence-electron chi connectivity index (χ0n) is 13.4. The summed E-state index contributed by atoms with van der Waals surface area (Å²) >= 11 is 0. The van der Waals surface area contributed by atoms with E-state index >= 15 is 0 Å². The summed E-state index contributed by atoms with van der Waals surface area (Å²) in [5, 5.41) is 5.17. The fourth-order valence-corrected chi connectivity index (χ4v) is 2.34. The van der Waals surface area contributed by atoms with E-state index in [0.29, 0.717) is 5.69 Å². The molecule has 0 saturated carbocycles. The minimum atomic E-state index is -0.638. The number of amides is 2. The molecule has 0 atom stereocenters. The van der Waals surface area contributed by atoms with E-state index in [0.717, 1.165) is 31.9 Å². The van der Waals surface area contributed by atoms with Crippen LogP contribution < -0.4 is 15.5 Å². The number of rotatable bonds is 3. The van der Waals surface area contributed by atoms with Crippen LogP contribution in [-0.2, 0) is 9.59 Å². The molecule has 0 unspecified atom stereocenters. The molecule has 1 heterocycles. The minimum absolute atomic E-state index is 0.0575. The van der Waals surface area contributed by atoms with Gasteiger partial charge < -0.3 is 20.4 Å². The molecule has 1 aliphatic heterocycles. The second kappa shape index (κ2) is 7.26. The van der Waals surface area contributed by atoms with Crippen LogP contribution in [0, 0.1) is 0 Å². The second-order valence-corrected chi connectivity index (χ2v) is 5.92. The van der Waals surface area contributed by atoms with Crippen LogP contribution in [0.3, 0.4) is 0 Å². The molecule has 2 N–H and O–H groups in total. The molecule has 2 rings (SSSR count). The van der Waals surface area contributed by atoms with Gasteiger partial charge in [-0.15, -0.1) is 0 Å². The largest absolute Gasteiger partial charge is 0.369 e. The highest BCUT2D eigenvalue weighted by atomic mass is 16.2. The number of likely N-dealkylation sites (N-methyl/N-ethyl adjacent to an activating group) is 1. The normalized spacial score (nSPS) is 15.7. The van der Waals surface area contributed by atoms with Crippen molar-refractivity contribution in [3.05, 3.63) is 24.3 Å². The van der Waals surface area contributed by atoms with E-state index in [1.54, 1.807) is 0 Å². The third-order valence-corrected chi connectivity index (χ3v) is 3.62. The summed E-state index contributed by atoms with van der Waals surface area (Å²) < 4.78 is 0. The molecule has 1 aliphatic rings. The van der Waals surface area contributed by atoms with Gasteiger partial charge in [0.05, 0.1) is 0 Å². The fraction of sp³-hybridized carbons (Fsp3) is 0.500. The average Bonchev–Trinajstić information content (AvgIpc) is 2.48. The Balaban J connectivity index is 1.91. The highest BCUT2D eigenvalue weighted by molar-refractivity contribution is 6.39. The van der Waals surface area contributed by atoms with E-state index in [9.17, 15) is 9.59 Å². The first-order valence-corrected chi connectivity index (χ1v) is 7.61. The highest BCUT2D eigenvalue weighted by Gasteiger charge is 2.16. The van der Waals surface area contributed by atoms with Gasteiger partial charge in [-0.1, -0.05) is 0 Å². The molecule has 1 saturated heterocycles. The maximum atomic E-state index is 11.7. The van der Waals surface area contributed by atoms with Crippen LogP contribution in [0.4, 0.5) is 11.4 Å². The number of hydrogen-bond acceptors (Lipinski definition) is 4. The molecule has 0 bridgehead atoms. The van der Waals surface area contributed by atoms with Gasteiger partial charge in [-0.3, -0.25) is 9.59 Å². The van der Waals surface area contributed by atoms with Gasteiger partial charge in [0.25, 0.3) is 0 Å². The lowest BCUT2D eigenvalue weighted by atomic mass is 10.2. The lowest BCUT2D eigenvalue weighted by Crippen LogP contribution is -2.44. The number of nitrogens with one attached hydrogen (secondary N) is 2.